The summed E-state index contributed by atoms with van der Waals surface area (Å²) < 4.78 is 104. The summed E-state index contributed by atoms with van der Waals surface area (Å²) in [6.45, 7) is -0.0254. The Labute approximate surface area is 316 Å². The number of unbranched alkanes of at least 4 members (excludes halogenated alkanes) is 1. The van der Waals surface area contributed by atoms with Crippen LogP contribution in [0, 0.1) is 5.82 Å². The van der Waals surface area contributed by atoms with E-state index in [1.807, 2.05) is 0 Å². The number of carbonyl (C=O) groups excluding carboxylic acids is 6. The van der Waals surface area contributed by atoms with Crippen LogP contribution < -0.4 is 20.3 Å². The maximum Gasteiger partial charge on any atom is 0.420 e. The average Bonchev–Trinajstić information content (AvgIpc) is 3.71. The molecule has 1 fully saturated rings. The van der Waals surface area contributed by atoms with Crippen molar-refractivity contribution in [2.45, 2.75) is 57.0 Å². The topological polar surface area (TPSA) is 173 Å². The number of imide groups is 2. The summed E-state index contributed by atoms with van der Waals surface area (Å²) in [5.41, 5.74) is -5.19. The fourth-order valence-corrected chi connectivity index (χ4v) is 6.15. The Kier molecular flexibility index (Phi) is 10.9. The van der Waals surface area contributed by atoms with Crippen LogP contribution in [0.5, 0.6) is 5.75 Å². The van der Waals surface area contributed by atoms with E-state index in [0.717, 1.165) is 47.1 Å². The third kappa shape index (κ3) is 8.45. The number of aromatic nitrogens is 3. The van der Waals surface area contributed by atoms with Crippen LogP contribution in [0.1, 0.15) is 63.9 Å². The molecular weight excluding hydrogens is 775 g/mol. The van der Waals surface area contributed by atoms with Crippen LogP contribution in [0.25, 0.3) is 11.3 Å². The molecule has 1 atom stereocenters. The number of piperidine rings is 1. The lowest BCUT2D eigenvalue weighted by Gasteiger charge is -2.27. The average molecular weight is 804 g/mol. The molecule has 6 amide bonds. The first-order chi connectivity index (χ1) is 26.8. The summed E-state index contributed by atoms with van der Waals surface area (Å²) in [5.74, 6) is -5.49. The summed E-state index contributed by atoms with van der Waals surface area (Å²) in [7, 11) is 1.09. The third-order valence-corrected chi connectivity index (χ3v) is 9.00. The Morgan fingerprint density at radius 3 is 2.33 bits per heavy atom. The Hall–Kier alpha value is -6.67. The monoisotopic (exact) mass is 803 g/mol. The minimum Gasteiger partial charge on any atom is -0.409 e. The summed E-state index contributed by atoms with van der Waals surface area (Å²) in [5, 5.41) is 12.2. The molecular formula is C36H28F7N7O7. The van der Waals surface area contributed by atoms with Crippen molar-refractivity contribution in [2.75, 3.05) is 17.3 Å². The van der Waals surface area contributed by atoms with E-state index in [-0.39, 0.29) is 67.2 Å². The zero-order valence-electron chi connectivity index (χ0n) is 29.3. The van der Waals surface area contributed by atoms with Crippen molar-refractivity contribution in [3.63, 3.8) is 0 Å². The minimum atomic E-state index is -5.44. The molecule has 1 aromatic heterocycles. The van der Waals surface area contributed by atoms with Gasteiger partial charge in [-0.1, -0.05) is 11.3 Å². The van der Waals surface area contributed by atoms with Gasteiger partial charge in [0.05, 0.1) is 34.1 Å². The second-order valence-electron chi connectivity index (χ2n) is 12.8. The predicted molar refractivity (Wildman–Crippen MR) is 182 cm³/mol. The highest BCUT2D eigenvalue weighted by Gasteiger charge is 2.46. The standard InChI is InChI=1S/C36H28F7N7O7/c1-48(20-10-8-19(37)9-11-20)34(56)57-30-22(15-18(35(38,39)40)16-23(30)36(41,42)43)25-17-49(47-46-25)14-3-2-7-27(51)44-24-6-4-5-21-29(24)33(55)50(32(21)54)26-12-13-28(52)45-31(26)53/h4-6,8-11,15-17,26H,2-3,7,12-14H2,1H3,(H,44,51)(H,45,52,53). The second-order valence-corrected chi connectivity index (χ2v) is 12.8. The number of carbonyl (C=O) groups is 6. The van der Waals surface area contributed by atoms with Gasteiger partial charge < -0.3 is 10.1 Å². The molecule has 3 heterocycles. The van der Waals surface area contributed by atoms with Crippen LogP contribution in [0.3, 0.4) is 0 Å². The zero-order valence-corrected chi connectivity index (χ0v) is 29.3. The van der Waals surface area contributed by atoms with Crippen LogP contribution in [-0.2, 0) is 33.3 Å². The molecule has 2 aliphatic rings. The first-order valence-electron chi connectivity index (χ1n) is 16.9. The van der Waals surface area contributed by atoms with E-state index in [0.29, 0.717) is 11.0 Å². The number of amides is 6. The number of benzene rings is 3. The number of hydrogen-bond acceptors (Lipinski definition) is 9. The molecule has 0 saturated carbocycles. The van der Waals surface area contributed by atoms with Gasteiger partial charge in [-0.15, -0.1) is 5.10 Å². The van der Waals surface area contributed by atoms with E-state index in [9.17, 15) is 59.5 Å². The Bertz CT molecular complexity index is 2290. The van der Waals surface area contributed by atoms with Crippen molar-refractivity contribution >= 4 is 47.0 Å². The SMILES string of the molecule is CN(C(=O)Oc1c(-c2cn(CCCCC(=O)Nc3cccc4c3C(=O)N(C3CCC(=O)NC3=O)C4=O)nn2)cc(C(F)(F)F)cc1C(F)(F)F)c1ccc(F)cc1. The Morgan fingerprint density at radius 2 is 1.67 bits per heavy atom. The summed E-state index contributed by atoms with van der Waals surface area (Å²) in [6, 6.07) is 7.26. The van der Waals surface area contributed by atoms with Gasteiger partial charge in [-0.25, -0.2) is 9.18 Å². The van der Waals surface area contributed by atoms with Crippen molar-refractivity contribution in [1.29, 1.82) is 0 Å². The lowest BCUT2D eigenvalue weighted by Crippen LogP contribution is -2.54. The number of rotatable bonds is 10. The Balaban J connectivity index is 1.14. The molecule has 21 heteroatoms. The van der Waals surface area contributed by atoms with Crippen molar-refractivity contribution in [3.05, 3.63) is 88.9 Å². The molecule has 1 unspecified atom stereocenters. The molecule has 298 valence electrons. The van der Waals surface area contributed by atoms with E-state index < -0.39 is 88.0 Å². The summed E-state index contributed by atoms with van der Waals surface area (Å²) in [4.78, 5) is 77.6. The van der Waals surface area contributed by atoms with Gasteiger partial charge in [0.25, 0.3) is 11.8 Å². The smallest absolute Gasteiger partial charge is 0.409 e. The lowest BCUT2D eigenvalue weighted by atomic mass is 10.0. The zero-order chi connectivity index (χ0) is 41.4. The van der Waals surface area contributed by atoms with Gasteiger partial charge in [-0.3, -0.25) is 43.8 Å². The number of nitrogens with one attached hydrogen (secondary N) is 2. The molecule has 1 saturated heterocycles. The van der Waals surface area contributed by atoms with Crippen molar-refractivity contribution in [3.8, 4) is 17.0 Å². The molecule has 3 aromatic carbocycles. The van der Waals surface area contributed by atoms with Gasteiger partial charge >= 0.3 is 18.4 Å². The maximum absolute atomic E-state index is 14.2. The third-order valence-electron chi connectivity index (χ3n) is 9.00. The van der Waals surface area contributed by atoms with Gasteiger partial charge in [-0.05, 0) is 67.8 Å². The molecule has 0 spiro atoms. The number of fused-ring (bicyclic) bond motifs is 1. The van der Waals surface area contributed by atoms with E-state index in [4.69, 9.17) is 4.74 Å². The number of hydrogen-bond donors (Lipinski definition) is 2. The normalized spacial score (nSPS) is 15.7. The van der Waals surface area contributed by atoms with Crippen molar-refractivity contribution < 1.29 is 64.2 Å². The highest BCUT2D eigenvalue weighted by atomic mass is 19.4. The van der Waals surface area contributed by atoms with E-state index in [1.54, 1.807) is 0 Å². The fraction of sp³-hybridized carbons (Fsp3) is 0.278. The fourth-order valence-electron chi connectivity index (χ4n) is 6.15. The van der Waals surface area contributed by atoms with Gasteiger partial charge in [0, 0.05) is 37.7 Å². The Morgan fingerprint density at radius 1 is 0.947 bits per heavy atom. The summed E-state index contributed by atoms with van der Waals surface area (Å²) >= 11 is 0. The maximum atomic E-state index is 14.2. The van der Waals surface area contributed by atoms with Crippen LogP contribution >= 0.6 is 0 Å². The van der Waals surface area contributed by atoms with Gasteiger partial charge in [0.15, 0.2) is 5.75 Å². The van der Waals surface area contributed by atoms with Gasteiger partial charge in [-0.2, -0.15) is 26.3 Å². The first-order valence-corrected chi connectivity index (χ1v) is 16.9. The molecule has 4 aromatic rings. The van der Waals surface area contributed by atoms with Crippen molar-refractivity contribution in [1.82, 2.24) is 25.2 Å². The van der Waals surface area contributed by atoms with Gasteiger partial charge in [0.1, 0.15) is 17.6 Å². The van der Waals surface area contributed by atoms with Crippen LogP contribution in [0.15, 0.2) is 60.8 Å². The van der Waals surface area contributed by atoms with E-state index in [2.05, 4.69) is 20.9 Å². The highest BCUT2D eigenvalue weighted by molar-refractivity contribution is 6.26. The molecule has 2 aliphatic heterocycles. The number of anilines is 2. The van der Waals surface area contributed by atoms with Gasteiger partial charge in [0.2, 0.25) is 17.7 Å². The second kappa shape index (κ2) is 15.5. The number of aryl methyl sites for hydroxylation is 1. The largest absolute Gasteiger partial charge is 0.420 e. The summed E-state index contributed by atoms with van der Waals surface area (Å²) in [6.07, 6.45) is -11.1. The minimum absolute atomic E-state index is 0.00395. The number of alkyl halides is 6. The van der Waals surface area contributed by atoms with Crippen LogP contribution in [0.2, 0.25) is 0 Å². The first kappa shape index (κ1) is 40.0. The lowest BCUT2D eigenvalue weighted by molar-refractivity contribution is -0.143. The van der Waals surface area contributed by atoms with Crippen molar-refractivity contribution in [2.24, 2.45) is 0 Å². The molecule has 57 heavy (non-hydrogen) atoms. The van der Waals surface area contributed by atoms with Crippen LogP contribution in [0.4, 0.5) is 46.9 Å². The van der Waals surface area contributed by atoms with Crippen LogP contribution in [-0.4, -0.2) is 68.6 Å². The molecule has 0 aliphatic carbocycles. The number of halogens is 7. The van der Waals surface area contributed by atoms with E-state index >= 15 is 0 Å². The molecule has 0 bridgehead atoms. The quantitative estimate of drug-likeness (QED) is 0.111. The molecule has 2 N–H and O–H groups in total. The number of ether oxygens (including phenoxy) is 1. The predicted octanol–water partition coefficient (Wildman–Crippen LogP) is 5.97. The van der Waals surface area contributed by atoms with E-state index in [1.165, 1.54) is 18.2 Å². The highest BCUT2D eigenvalue weighted by Crippen LogP contribution is 2.46. The number of nitrogens with zero attached hydrogens (tertiary/aromatic N) is 5. The molecule has 14 nitrogen and oxygen atoms in total. The molecule has 0 radical (unpaired) electrons. The molecule has 6 rings (SSSR count).